The number of halogens is 2. The lowest BCUT2D eigenvalue weighted by molar-refractivity contribution is -0.117. The summed E-state index contributed by atoms with van der Waals surface area (Å²) >= 11 is 10.6. The number of aryl methyl sites for hydroxylation is 1. The summed E-state index contributed by atoms with van der Waals surface area (Å²) < 4.78 is 0.860. The first-order valence-electron chi connectivity index (χ1n) is 10.4. The second-order valence-electron chi connectivity index (χ2n) is 7.64. The maximum absolute atomic E-state index is 13.6. The molecule has 0 unspecified atom stereocenters. The topological polar surface area (TPSA) is 73.2 Å². The van der Waals surface area contributed by atoms with Crippen LogP contribution in [-0.2, 0) is 16.0 Å². The van der Waals surface area contributed by atoms with Crippen molar-refractivity contribution in [1.29, 1.82) is 5.26 Å². The molecule has 1 saturated heterocycles. The van der Waals surface area contributed by atoms with Gasteiger partial charge in [0.1, 0.15) is 16.7 Å². The van der Waals surface area contributed by atoms with E-state index in [4.69, 9.17) is 11.6 Å². The summed E-state index contributed by atoms with van der Waals surface area (Å²) in [4.78, 5) is 28.1. The zero-order chi connectivity index (χ0) is 24.2. The molecular formula is C26H19BrClN3O2S. The van der Waals surface area contributed by atoms with Gasteiger partial charge in [-0.05, 0) is 73.0 Å². The molecule has 1 heterocycles. The molecule has 1 aliphatic rings. The van der Waals surface area contributed by atoms with Crippen molar-refractivity contribution in [2.45, 2.75) is 18.6 Å². The van der Waals surface area contributed by atoms with Gasteiger partial charge < -0.3 is 5.32 Å². The van der Waals surface area contributed by atoms with E-state index < -0.39 is 11.2 Å². The number of hydrogen-bond donors (Lipinski definition) is 1. The summed E-state index contributed by atoms with van der Waals surface area (Å²) in [7, 11) is 0. The van der Waals surface area contributed by atoms with Gasteiger partial charge in [0.15, 0.2) is 0 Å². The molecule has 3 aromatic carbocycles. The van der Waals surface area contributed by atoms with Gasteiger partial charge in [-0.1, -0.05) is 63.6 Å². The lowest BCUT2D eigenvalue weighted by Gasteiger charge is -2.19. The van der Waals surface area contributed by atoms with Gasteiger partial charge in [0.25, 0.3) is 5.91 Å². The summed E-state index contributed by atoms with van der Waals surface area (Å²) in [6.07, 6.45) is 0.490. The fourth-order valence-corrected chi connectivity index (χ4v) is 5.26. The molecule has 0 bridgehead atoms. The molecule has 0 aromatic heterocycles. The number of anilines is 2. The molecule has 1 atom stereocenters. The third kappa shape index (κ3) is 5.20. The van der Waals surface area contributed by atoms with Gasteiger partial charge in [-0.15, -0.1) is 0 Å². The first-order valence-corrected chi connectivity index (χ1v) is 12.4. The van der Waals surface area contributed by atoms with Crippen LogP contribution in [0.15, 0.2) is 87.9 Å². The number of carbonyl (C=O) groups excluding carboxylic acids is 2. The van der Waals surface area contributed by atoms with E-state index in [1.807, 2.05) is 49.4 Å². The standard InChI is InChI=1S/C26H19BrClN3O2S/c1-16-4-2-3-5-17(16)14-23-25(33)31(21-12-6-18(27)7-13-21)26(34-23)22(15-29)24(32)30-20-10-8-19(28)9-11-20/h2-13,23H,14H2,1H3,(H,30,32)/b26-22-/t23-/m0/s1. The van der Waals surface area contributed by atoms with Crippen molar-refractivity contribution in [3.63, 3.8) is 0 Å². The molecule has 0 aliphatic carbocycles. The summed E-state index contributed by atoms with van der Waals surface area (Å²) in [6, 6.07) is 23.7. The van der Waals surface area contributed by atoms with Gasteiger partial charge in [-0.25, -0.2) is 0 Å². The van der Waals surface area contributed by atoms with Crippen molar-refractivity contribution in [2.24, 2.45) is 0 Å². The monoisotopic (exact) mass is 551 g/mol. The molecule has 1 N–H and O–H groups in total. The van der Waals surface area contributed by atoms with Gasteiger partial charge in [-0.2, -0.15) is 5.26 Å². The van der Waals surface area contributed by atoms with Gasteiger partial charge in [0.05, 0.1) is 5.25 Å². The van der Waals surface area contributed by atoms with Crippen molar-refractivity contribution in [3.8, 4) is 6.07 Å². The van der Waals surface area contributed by atoms with E-state index in [2.05, 4.69) is 21.2 Å². The van der Waals surface area contributed by atoms with E-state index in [0.717, 1.165) is 15.6 Å². The SMILES string of the molecule is Cc1ccccc1C[C@@H]1S/C(=C(/C#N)C(=O)Nc2ccc(Cl)cc2)N(c2ccc(Br)cc2)C1=O. The van der Waals surface area contributed by atoms with Crippen LogP contribution in [0.2, 0.25) is 5.02 Å². The molecule has 4 rings (SSSR count). The molecule has 8 heteroatoms. The number of thioether (sulfide) groups is 1. The molecular weight excluding hydrogens is 534 g/mol. The van der Waals surface area contributed by atoms with Gasteiger partial charge in [0, 0.05) is 20.9 Å². The molecule has 2 amide bonds. The highest BCUT2D eigenvalue weighted by Gasteiger charge is 2.41. The molecule has 1 aliphatic heterocycles. The highest BCUT2D eigenvalue weighted by molar-refractivity contribution is 9.10. The maximum Gasteiger partial charge on any atom is 0.269 e. The van der Waals surface area contributed by atoms with Crippen molar-refractivity contribution in [1.82, 2.24) is 0 Å². The normalized spacial score (nSPS) is 16.8. The van der Waals surface area contributed by atoms with Crippen LogP contribution >= 0.6 is 39.3 Å². The highest BCUT2D eigenvalue weighted by Crippen LogP contribution is 2.42. The van der Waals surface area contributed by atoms with Crippen LogP contribution in [0.4, 0.5) is 11.4 Å². The van der Waals surface area contributed by atoms with Crippen molar-refractivity contribution in [3.05, 3.63) is 104 Å². The number of hydrogen-bond acceptors (Lipinski definition) is 4. The first-order chi connectivity index (χ1) is 16.4. The van der Waals surface area contributed by atoms with Gasteiger partial charge >= 0.3 is 0 Å². The van der Waals surface area contributed by atoms with E-state index in [1.54, 1.807) is 36.4 Å². The van der Waals surface area contributed by atoms with Crippen molar-refractivity contribution in [2.75, 3.05) is 10.2 Å². The third-order valence-corrected chi connectivity index (χ3v) is 7.40. The first kappa shape index (κ1) is 24.1. The summed E-state index contributed by atoms with van der Waals surface area (Å²) in [5.41, 5.74) is 3.11. The largest absolute Gasteiger partial charge is 0.321 e. The van der Waals surface area contributed by atoms with Crippen molar-refractivity contribution < 1.29 is 9.59 Å². The average Bonchev–Trinajstić information content (AvgIpc) is 3.13. The van der Waals surface area contributed by atoms with Crippen LogP contribution in [0.1, 0.15) is 11.1 Å². The molecule has 0 saturated carbocycles. The van der Waals surface area contributed by atoms with E-state index in [0.29, 0.717) is 27.8 Å². The van der Waals surface area contributed by atoms with Crippen LogP contribution < -0.4 is 10.2 Å². The minimum absolute atomic E-state index is 0.122. The zero-order valence-corrected chi connectivity index (χ0v) is 21.2. The minimum atomic E-state index is -0.584. The fourth-order valence-electron chi connectivity index (χ4n) is 3.58. The molecule has 5 nitrogen and oxygen atoms in total. The van der Waals surface area contributed by atoms with Gasteiger partial charge in [-0.3, -0.25) is 14.5 Å². The molecule has 34 heavy (non-hydrogen) atoms. The van der Waals surface area contributed by atoms with Gasteiger partial charge in [0.2, 0.25) is 5.91 Å². The molecule has 0 spiro atoms. The van der Waals surface area contributed by atoms with Crippen LogP contribution in [0.3, 0.4) is 0 Å². The Kier molecular flexibility index (Phi) is 7.42. The predicted octanol–water partition coefficient (Wildman–Crippen LogP) is 6.48. The lowest BCUT2D eigenvalue weighted by atomic mass is 10.0. The van der Waals surface area contributed by atoms with E-state index in [1.165, 1.54) is 16.7 Å². The Balaban J connectivity index is 1.73. The van der Waals surface area contributed by atoms with Crippen LogP contribution in [0.5, 0.6) is 0 Å². The van der Waals surface area contributed by atoms with E-state index in [-0.39, 0.29) is 11.5 Å². The summed E-state index contributed by atoms with van der Waals surface area (Å²) in [6.45, 7) is 2.00. The minimum Gasteiger partial charge on any atom is -0.321 e. The zero-order valence-electron chi connectivity index (χ0n) is 18.1. The third-order valence-electron chi connectivity index (χ3n) is 5.36. The number of rotatable bonds is 5. The Morgan fingerprint density at radius 2 is 1.79 bits per heavy atom. The Hall–Kier alpha value is -3.05. The molecule has 1 fully saturated rings. The Morgan fingerprint density at radius 3 is 2.44 bits per heavy atom. The van der Waals surface area contributed by atoms with Crippen LogP contribution in [-0.4, -0.2) is 17.1 Å². The van der Waals surface area contributed by atoms with E-state index in [9.17, 15) is 14.9 Å². The number of benzene rings is 3. The van der Waals surface area contributed by atoms with Crippen LogP contribution in [0.25, 0.3) is 0 Å². The molecule has 170 valence electrons. The summed E-state index contributed by atoms with van der Waals surface area (Å²) in [5.74, 6) is -0.753. The smallest absolute Gasteiger partial charge is 0.269 e. The molecule has 0 radical (unpaired) electrons. The second-order valence-corrected chi connectivity index (χ2v) is 10.2. The number of carbonyl (C=O) groups is 2. The van der Waals surface area contributed by atoms with Crippen LogP contribution in [0, 0.1) is 18.3 Å². The fraction of sp³-hybridized carbons (Fsp3) is 0.115. The lowest BCUT2D eigenvalue weighted by Crippen LogP contribution is -2.31. The predicted molar refractivity (Wildman–Crippen MR) is 141 cm³/mol. The van der Waals surface area contributed by atoms with E-state index >= 15 is 0 Å². The quantitative estimate of drug-likeness (QED) is 0.291. The maximum atomic E-state index is 13.6. The number of nitrogens with one attached hydrogen (secondary N) is 1. The van der Waals surface area contributed by atoms with Crippen molar-refractivity contribution >= 4 is 62.5 Å². The average molecular weight is 553 g/mol. The Labute approximate surface area is 215 Å². The number of nitriles is 1. The highest BCUT2D eigenvalue weighted by atomic mass is 79.9. The summed E-state index contributed by atoms with van der Waals surface area (Å²) in [5, 5.41) is 13.1. The Morgan fingerprint density at radius 1 is 1.12 bits per heavy atom. The second kappa shape index (κ2) is 10.5. The molecule has 3 aromatic rings. The number of nitrogens with zero attached hydrogens (tertiary/aromatic N) is 2. The Bertz CT molecular complexity index is 1320. The number of amides is 2.